The Kier molecular flexibility index (Phi) is 7.58. The number of phenols is 1. The normalized spacial score (nSPS) is 12.0. The smallest absolute Gasteiger partial charge is 0.507 e. The van der Waals surface area contributed by atoms with Crippen LogP contribution in [0.5, 0.6) is 28.7 Å². The van der Waals surface area contributed by atoms with Crippen molar-refractivity contribution >= 4 is 12.1 Å². The Hall–Kier alpha value is -4.27. The molecule has 3 aromatic carbocycles. The van der Waals surface area contributed by atoms with E-state index in [2.05, 4.69) is 0 Å². The SMILES string of the molecule is CCc1cc(-c2ccc(F)cc2)c(O)cc1OCCCOc1cc2cc(c1CCC(=O)O)OC(=O)O2. The summed E-state index contributed by atoms with van der Waals surface area (Å²) < 4.78 is 35.0. The highest BCUT2D eigenvalue weighted by atomic mass is 19.1. The number of fused-ring (bicyclic) bond motifs is 2. The summed E-state index contributed by atoms with van der Waals surface area (Å²) in [6.07, 6.45) is 0.258. The van der Waals surface area contributed by atoms with Crippen molar-refractivity contribution in [3.63, 3.8) is 0 Å². The first-order valence-electron chi connectivity index (χ1n) is 11.5. The molecule has 0 saturated heterocycles. The molecule has 36 heavy (non-hydrogen) atoms. The maximum Gasteiger partial charge on any atom is 0.519 e. The predicted molar refractivity (Wildman–Crippen MR) is 128 cm³/mol. The highest BCUT2D eigenvalue weighted by Gasteiger charge is 2.24. The van der Waals surface area contributed by atoms with Crippen molar-refractivity contribution < 1.29 is 43.1 Å². The molecule has 0 atom stereocenters. The van der Waals surface area contributed by atoms with E-state index in [1.54, 1.807) is 18.2 Å². The highest BCUT2D eigenvalue weighted by molar-refractivity contribution is 5.74. The van der Waals surface area contributed by atoms with Crippen LogP contribution in [0.25, 0.3) is 11.1 Å². The molecule has 1 aliphatic heterocycles. The summed E-state index contributed by atoms with van der Waals surface area (Å²) in [5.41, 5.74) is 2.67. The minimum atomic E-state index is -0.982. The summed E-state index contributed by atoms with van der Waals surface area (Å²) in [4.78, 5) is 22.6. The van der Waals surface area contributed by atoms with Crippen LogP contribution in [0.15, 0.2) is 48.5 Å². The number of ether oxygens (including phenoxy) is 4. The van der Waals surface area contributed by atoms with E-state index in [-0.39, 0.29) is 42.5 Å². The van der Waals surface area contributed by atoms with Crippen molar-refractivity contribution in [3.05, 3.63) is 65.5 Å². The summed E-state index contributed by atoms with van der Waals surface area (Å²) in [6, 6.07) is 12.3. The standard InChI is InChI=1S/C27H25FO8/c1-2-16-12-21(17-4-6-18(28)7-5-17)22(29)15-23(16)33-10-3-11-34-24-13-19-14-25(36-27(32)35-19)20(24)8-9-26(30)31/h4-7,12-15,29H,2-3,8-11H2,1H3,(H,30,31). The molecule has 2 N–H and O–H groups in total. The maximum atomic E-state index is 13.2. The van der Waals surface area contributed by atoms with Gasteiger partial charge in [-0.2, -0.15) is 0 Å². The van der Waals surface area contributed by atoms with E-state index in [0.717, 1.165) is 5.56 Å². The molecule has 8 nitrogen and oxygen atoms in total. The third kappa shape index (κ3) is 5.86. The van der Waals surface area contributed by atoms with E-state index in [4.69, 9.17) is 24.1 Å². The van der Waals surface area contributed by atoms with E-state index in [1.165, 1.54) is 24.3 Å². The number of aryl methyl sites for hydroxylation is 1. The van der Waals surface area contributed by atoms with Crippen molar-refractivity contribution in [3.8, 4) is 39.9 Å². The van der Waals surface area contributed by atoms with E-state index in [9.17, 15) is 19.1 Å². The molecule has 1 heterocycles. The molecule has 0 unspecified atom stereocenters. The van der Waals surface area contributed by atoms with Crippen molar-refractivity contribution in [1.29, 1.82) is 0 Å². The van der Waals surface area contributed by atoms with Crippen LogP contribution >= 0.6 is 0 Å². The molecule has 0 radical (unpaired) electrons. The Balaban J connectivity index is 1.38. The molecule has 4 rings (SSSR count). The highest BCUT2D eigenvalue weighted by Crippen LogP contribution is 2.39. The van der Waals surface area contributed by atoms with Gasteiger partial charge in [0.15, 0.2) is 0 Å². The summed E-state index contributed by atoms with van der Waals surface area (Å²) >= 11 is 0. The van der Waals surface area contributed by atoms with Crippen LogP contribution in [-0.4, -0.2) is 35.6 Å². The van der Waals surface area contributed by atoms with E-state index >= 15 is 0 Å². The van der Waals surface area contributed by atoms with Crippen LogP contribution < -0.4 is 18.9 Å². The summed E-state index contributed by atoms with van der Waals surface area (Å²) in [5, 5.41) is 19.6. The minimum absolute atomic E-state index is 0.0291. The van der Waals surface area contributed by atoms with Crippen molar-refractivity contribution in [1.82, 2.24) is 0 Å². The van der Waals surface area contributed by atoms with Gasteiger partial charge < -0.3 is 29.2 Å². The molecular weight excluding hydrogens is 471 g/mol. The molecule has 0 fully saturated rings. The molecule has 0 aromatic heterocycles. The van der Waals surface area contributed by atoms with Crippen molar-refractivity contribution in [2.45, 2.75) is 32.6 Å². The first-order chi connectivity index (χ1) is 17.3. The summed E-state index contributed by atoms with van der Waals surface area (Å²) in [5.74, 6) is 0.106. The number of hydrogen-bond donors (Lipinski definition) is 2. The Morgan fingerprint density at radius 1 is 1.00 bits per heavy atom. The molecule has 1 aliphatic rings. The van der Waals surface area contributed by atoms with E-state index < -0.39 is 12.1 Å². The first kappa shape index (κ1) is 24.8. The summed E-state index contributed by atoms with van der Waals surface area (Å²) in [7, 11) is 0. The number of rotatable bonds is 11. The fourth-order valence-corrected chi connectivity index (χ4v) is 3.87. The number of hydrogen-bond acceptors (Lipinski definition) is 7. The number of benzene rings is 3. The van der Waals surface area contributed by atoms with Gasteiger partial charge in [-0.05, 0) is 42.2 Å². The van der Waals surface area contributed by atoms with Gasteiger partial charge in [-0.15, -0.1) is 0 Å². The fraction of sp³-hybridized carbons (Fsp3) is 0.259. The van der Waals surface area contributed by atoms with Crippen molar-refractivity contribution in [2.24, 2.45) is 0 Å². The molecule has 0 spiro atoms. The van der Waals surface area contributed by atoms with Crippen LogP contribution in [0.3, 0.4) is 0 Å². The lowest BCUT2D eigenvalue weighted by molar-refractivity contribution is -0.136. The van der Waals surface area contributed by atoms with Gasteiger partial charge in [0.1, 0.15) is 34.6 Å². The molecule has 188 valence electrons. The predicted octanol–water partition coefficient (Wildman–Crippen LogP) is 5.52. The van der Waals surface area contributed by atoms with Gasteiger partial charge in [0.2, 0.25) is 0 Å². The third-order valence-electron chi connectivity index (χ3n) is 5.64. The maximum absolute atomic E-state index is 13.2. The van der Waals surface area contributed by atoms with Gasteiger partial charge in [0.05, 0.1) is 13.2 Å². The zero-order chi connectivity index (χ0) is 25.7. The van der Waals surface area contributed by atoms with Crippen LogP contribution in [0, 0.1) is 5.82 Å². The molecule has 0 saturated carbocycles. The van der Waals surface area contributed by atoms with Gasteiger partial charge >= 0.3 is 12.1 Å². The second-order valence-electron chi connectivity index (χ2n) is 8.13. The number of carbonyl (C=O) groups excluding carboxylic acids is 1. The number of aromatic hydroxyl groups is 1. The first-order valence-corrected chi connectivity index (χ1v) is 11.5. The van der Waals surface area contributed by atoms with Gasteiger partial charge in [0, 0.05) is 42.2 Å². The Labute approximate surface area is 206 Å². The number of carbonyl (C=O) groups is 2. The van der Waals surface area contributed by atoms with Gasteiger partial charge in [-0.3, -0.25) is 4.79 Å². The van der Waals surface area contributed by atoms with Crippen LogP contribution in [0.4, 0.5) is 9.18 Å². The quantitative estimate of drug-likeness (QED) is 0.203. The third-order valence-corrected chi connectivity index (χ3v) is 5.64. The second-order valence-corrected chi connectivity index (χ2v) is 8.13. The van der Waals surface area contributed by atoms with Gasteiger partial charge in [-0.1, -0.05) is 19.1 Å². The van der Waals surface area contributed by atoms with Crippen LogP contribution in [0.1, 0.15) is 30.9 Å². The molecule has 0 aliphatic carbocycles. The molecule has 9 heteroatoms. The average Bonchev–Trinajstić information content (AvgIpc) is 2.83. The number of carboxylic acids is 1. The number of halogens is 1. The monoisotopic (exact) mass is 496 g/mol. The summed E-state index contributed by atoms with van der Waals surface area (Å²) in [6.45, 7) is 2.52. The largest absolute Gasteiger partial charge is 0.519 e. The van der Waals surface area contributed by atoms with Gasteiger partial charge in [-0.25, -0.2) is 9.18 Å². The zero-order valence-electron chi connectivity index (χ0n) is 19.6. The van der Waals surface area contributed by atoms with Crippen LogP contribution in [-0.2, 0) is 17.6 Å². The molecular formula is C27H25FO8. The molecule has 3 aromatic rings. The Bertz CT molecular complexity index is 1270. The average molecular weight is 496 g/mol. The minimum Gasteiger partial charge on any atom is -0.507 e. The topological polar surface area (TPSA) is 112 Å². The number of carboxylic acid groups (broad SMARTS) is 1. The Morgan fingerprint density at radius 3 is 2.42 bits per heavy atom. The fourth-order valence-electron chi connectivity index (χ4n) is 3.87. The van der Waals surface area contributed by atoms with Crippen LogP contribution in [0.2, 0.25) is 0 Å². The Morgan fingerprint density at radius 2 is 1.72 bits per heavy atom. The number of phenolic OH excluding ortho intramolecular Hbond substituents is 1. The van der Waals surface area contributed by atoms with Crippen molar-refractivity contribution in [2.75, 3.05) is 13.2 Å². The van der Waals surface area contributed by atoms with E-state index in [1.807, 2.05) is 13.0 Å². The van der Waals surface area contributed by atoms with E-state index in [0.29, 0.717) is 47.6 Å². The number of aliphatic carboxylic acids is 1. The lowest BCUT2D eigenvalue weighted by Crippen LogP contribution is -2.20. The lowest BCUT2D eigenvalue weighted by atomic mass is 10.00. The molecule has 0 amide bonds. The molecule has 2 bridgehead atoms. The lowest BCUT2D eigenvalue weighted by Gasteiger charge is -2.20. The zero-order valence-corrected chi connectivity index (χ0v) is 19.6. The van der Waals surface area contributed by atoms with Gasteiger partial charge in [0.25, 0.3) is 0 Å². The second kappa shape index (κ2) is 11.0.